The third-order valence-electron chi connectivity index (χ3n) is 10.7. The summed E-state index contributed by atoms with van der Waals surface area (Å²) in [6.45, 7) is 23.0. The van der Waals surface area contributed by atoms with Gasteiger partial charge in [0.2, 0.25) is 0 Å². The van der Waals surface area contributed by atoms with E-state index >= 15 is 0 Å². The van der Waals surface area contributed by atoms with Crippen molar-refractivity contribution < 1.29 is 37.2 Å². The molecule has 0 amide bonds. The first-order valence-corrected chi connectivity index (χ1v) is 20.8. The predicted octanol–water partition coefficient (Wildman–Crippen LogP) is 11.2. The molecule has 0 unspecified atom stereocenters. The lowest BCUT2D eigenvalue weighted by molar-refractivity contribution is -0.144. The number of rotatable bonds is 10. The molecule has 1 fully saturated rings. The molecular weight excluding hydrogens is 829 g/mol. The standard InChI is InChI=1S/C21H22FNO2.C19H28BFO4.C8H6BrN/c1-5-25-19(24)10-14(3)18-11-17(9-15(4)21(18)22)20-13(2)7-6-8-16(20)12-23;1-8-23-16(22)10-12(2)15-11-14(9-13(3)17(15)21)20-24-18(4,5)19(6,7)25-20;1-6-3-2-4-7(5-10)8(6)9/h6-9,11,14H,5,10H2,1-4H3;9,11-12H,8,10H2,1-7H3;2-4H,1H3/t14-;12-;/m00./s1. The summed E-state index contributed by atoms with van der Waals surface area (Å²) in [5, 5.41) is 18.0. The Morgan fingerprint density at radius 2 is 1.17 bits per heavy atom. The Morgan fingerprint density at radius 3 is 1.63 bits per heavy atom. The number of halogens is 3. The minimum absolute atomic E-state index is 0.118. The van der Waals surface area contributed by atoms with Gasteiger partial charge in [0.15, 0.2) is 0 Å². The van der Waals surface area contributed by atoms with Crippen LogP contribution in [-0.4, -0.2) is 43.5 Å². The first kappa shape index (κ1) is 49.5. The average molecular weight is 886 g/mol. The number of esters is 2. The van der Waals surface area contributed by atoms with Gasteiger partial charge in [0.1, 0.15) is 17.7 Å². The van der Waals surface area contributed by atoms with E-state index in [1.54, 1.807) is 64.1 Å². The van der Waals surface area contributed by atoms with Gasteiger partial charge < -0.3 is 18.8 Å². The lowest BCUT2D eigenvalue weighted by atomic mass is 9.76. The van der Waals surface area contributed by atoms with Gasteiger partial charge in [-0.1, -0.05) is 50.2 Å². The smallest absolute Gasteiger partial charge is 0.466 e. The quantitative estimate of drug-likeness (QED) is 0.114. The summed E-state index contributed by atoms with van der Waals surface area (Å²) in [7, 11) is -0.558. The van der Waals surface area contributed by atoms with Gasteiger partial charge in [-0.2, -0.15) is 10.5 Å². The van der Waals surface area contributed by atoms with E-state index in [-0.39, 0.29) is 48.3 Å². The summed E-state index contributed by atoms with van der Waals surface area (Å²) in [5.41, 5.74) is 6.69. The van der Waals surface area contributed by atoms with Crippen molar-refractivity contribution >= 4 is 40.4 Å². The minimum atomic E-state index is -0.558. The Balaban J connectivity index is 0.000000261. The summed E-state index contributed by atoms with van der Waals surface area (Å²) in [6, 6.07) is 22.4. The third-order valence-corrected chi connectivity index (χ3v) is 11.8. The zero-order valence-corrected chi connectivity index (χ0v) is 38.4. The zero-order chi connectivity index (χ0) is 45.1. The first-order chi connectivity index (χ1) is 28.1. The van der Waals surface area contributed by atoms with Crippen LogP contribution in [0, 0.1) is 62.0 Å². The van der Waals surface area contributed by atoms with Crippen LogP contribution in [0.1, 0.15) is 125 Å². The van der Waals surface area contributed by atoms with Crippen molar-refractivity contribution in [3.63, 3.8) is 0 Å². The number of carbonyl (C=O) groups excluding carboxylic acids is 2. The normalized spacial score (nSPS) is 14.6. The Kier molecular flexibility index (Phi) is 17.8. The van der Waals surface area contributed by atoms with Crippen LogP contribution in [0.3, 0.4) is 0 Å². The molecule has 2 atom stereocenters. The van der Waals surface area contributed by atoms with E-state index in [2.05, 4.69) is 28.1 Å². The van der Waals surface area contributed by atoms with Crippen molar-refractivity contribution in [2.24, 2.45) is 0 Å². The summed E-state index contributed by atoms with van der Waals surface area (Å²) in [6.07, 6.45) is 0.254. The fourth-order valence-corrected chi connectivity index (χ4v) is 6.99. The van der Waals surface area contributed by atoms with Crippen molar-refractivity contribution in [2.45, 2.75) is 119 Å². The van der Waals surface area contributed by atoms with Crippen LogP contribution >= 0.6 is 15.9 Å². The highest BCUT2D eigenvalue weighted by Crippen LogP contribution is 2.37. The molecule has 0 saturated carbocycles. The molecule has 1 aliphatic heterocycles. The number of aryl methyl sites for hydroxylation is 4. The molecule has 5 rings (SSSR count). The molecule has 0 radical (unpaired) electrons. The molecule has 0 spiro atoms. The number of nitriles is 2. The molecule has 1 heterocycles. The molecule has 4 aromatic rings. The monoisotopic (exact) mass is 884 g/mol. The molecule has 0 aromatic heterocycles. The van der Waals surface area contributed by atoms with Crippen LogP contribution in [0.2, 0.25) is 0 Å². The maximum Gasteiger partial charge on any atom is 0.494 e. The van der Waals surface area contributed by atoms with Crippen LogP contribution in [0.4, 0.5) is 8.78 Å². The second-order valence-electron chi connectivity index (χ2n) is 16.0. The zero-order valence-electron chi connectivity index (χ0n) is 36.8. The molecule has 4 aromatic carbocycles. The van der Waals surface area contributed by atoms with Gasteiger partial charge in [-0.25, -0.2) is 8.78 Å². The summed E-state index contributed by atoms with van der Waals surface area (Å²) in [4.78, 5) is 23.5. The minimum Gasteiger partial charge on any atom is -0.466 e. The Hall–Kier alpha value is -4.88. The average Bonchev–Trinajstić information content (AvgIpc) is 3.40. The number of benzene rings is 4. The van der Waals surface area contributed by atoms with Gasteiger partial charge in [-0.05, 0) is 166 Å². The van der Waals surface area contributed by atoms with Gasteiger partial charge in [0.05, 0.1) is 54.5 Å². The van der Waals surface area contributed by atoms with Gasteiger partial charge in [0, 0.05) is 10.0 Å². The van der Waals surface area contributed by atoms with E-state index in [4.69, 9.17) is 24.0 Å². The molecule has 1 saturated heterocycles. The molecule has 12 heteroatoms. The number of carbonyl (C=O) groups is 2. The first-order valence-electron chi connectivity index (χ1n) is 20.0. The Labute approximate surface area is 363 Å². The van der Waals surface area contributed by atoms with E-state index < -0.39 is 18.3 Å². The van der Waals surface area contributed by atoms with Crippen LogP contribution in [0.15, 0.2) is 65.1 Å². The summed E-state index contributed by atoms with van der Waals surface area (Å²) < 4.78 is 52.3. The Bertz CT molecular complexity index is 2250. The fourth-order valence-electron chi connectivity index (χ4n) is 6.64. The topological polar surface area (TPSA) is 119 Å². The largest absolute Gasteiger partial charge is 0.494 e. The molecule has 0 aliphatic carbocycles. The second-order valence-corrected chi connectivity index (χ2v) is 16.8. The van der Waals surface area contributed by atoms with Crippen molar-refractivity contribution in [3.8, 4) is 23.3 Å². The van der Waals surface area contributed by atoms with Gasteiger partial charge in [0.25, 0.3) is 0 Å². The lowest BCUT2D eigenvalue weighted by Crippen LogP contribution is -2.41. The van der Waals surface area contributed by atoms with Crippen molar-refractivity contribution in [2.75, 3.05) is 13.2 Å². The second kappa shape index (κ2) is 21.6. The van der Waals surface area contributed by atoms with Crippen molar-refractivity contribution in [1.82, 2.24) is 0 Å². The fraction of sp³-hybridized carbons (Fsp3) is 0.417. The number of ether oxygens (including phenoxy) is 2. The SMILES string of the molecule is CCOC(=O)C[C@H](C)c1cc(-c2c(C)cccc2C#N)cc(C)c1F.CCOC(=O)C[C@H](C)c1cc(B2OC(C)(C)C(C)(C)O2)cc(C)c1F.Cc1cccc(C#N)c1Br. The van der Waals surface area contributed by atoms with E-state index in [9.17, 15) is 23.6 Å². The molecule has 318 valence electrons. The molecule has 8 nitrogen and oxygen atoms in total. The van der Waals surface area contributed by atoms with Crippen LogP contribution in [0.25, 0.3) is 11.1 Å². The predicted molar refractivity (Wildman–Crippen MR) is 236 cm³/mol. The van der Waals surface area contributed by atoms with Crippen LogP contribution < -0.4 is 5.46 Å². The molecule has 0 bridgehead atoms. The van der Waals surface area contributed by atoms with Crippen LogP contribution in [0.5, 0.6) is 0 Å². The number of hydrogen-bond acceptors (Lipinski definition) is 8. The molecule has 60 heavy (non-hydrogen) atoms. The van der Waals surface area contributed by atoms with Crippen molar-refractivity contribution in [3.05, 3.63) is 121 Å². The highest BCUT2D eigenvalue weighted by molar-refractivity contribution is 9.10. The highest BCUT2D eigenvalue weighted by Gasteiger charge is 2.52. The van der Waals surface area contributed by atoms with E-state index in [0.29, 0.717) is 46.6 Å². The molecule has 1 aliphatic rings. The summed E-state index contributed by atoms with van der Waals surface area (Å²) >= 11 is 3.32. The van der Waals surface area contributed by atoms with Gasteiger partial charge in [-0.3, -0.25) is 9.59 Å². The van der Waals surface area contributed by atoms with E-state index in [0.717, 1.165) is 32.2 Å². The summed E-state index contributed by atoms with van der Waals surface area (Å²) in [5.74, 6) is -1.88. The van der Waals surface area contributed by atoms with Crippen LogP contribution in [-0.2, 0) is 28.4 Å². The maximum absolute atomic E-state index is 14.6. The van der Waals surface area contributed by atoms with Gasteiger partial charge in [-0.15, -0.1) is 0 Å². The number of nitrogens with zero attached hydrogens (tertiary/aromatic N) is 2. The highest BCUT2D eigenvalue weighted by atomic mass is 79.9. The lowest BCUT2D eigenvalue weighted by Gasteiger charge is -2.32. The van der Waals surface area contributed by atoms with Crippen molar-refractivity contribution in [1.29, 1.82) is 10.5 Å². The van der Waals surface area contributed by atoms with E-state index in [1.807, 2.05) is 79.7 Å². The van der Waals surface area contributed by atoms with Gasteiger partial charge >= 0.3 is 19.1 Å². The Morgan fingerprint density at radius 1 is 0.717 bits per heavy atom. The maximum atomic E-state index is 14.6. The molecule has 0 N–H and O–H groups in total. The number of hydrogen-bond donors (Lipinski definition) is 0. The van der Waals surface area contributed by atoms with E-state index in [1.165, 1.54) is 0 Å². The third kappa shape index (κ3) is 12.3. The molecular formula is C48H56BBrF2N2O6.